The second-order valence-electron chi connectivity index (χ2n) is 6.25. The van der Waals surface area contributed by atoms with Crippen LogP contribution in [0.2, 0.25) is 0 Å². The van der Waals surface area contributed by atoms with Crippen LogP contribution in [0.5, 0.6) is 5.75 Å². The number of hydrogen-bond acceptors (Lipinski definition) is 9. The summed E-state index contributed by atoms with van der Waals surface area (Å²) in [5.41, 5.74) is 0.816. The summed E-state index contributed by atoms with van der Waals surface area (Å²) in [5.74, 6) is 1.26. The molecule has 2 N–H and O–H groups in total. The van der Waals surface area contributed by atoms with Crippen LogP contribution >= 0.6 is 23.1 Å². The minimum Gasteiger partial charge on any atom is -0.495 e. The molecule has 9 nitrogen and oxygen atoms in total. The van der Waals surface area contributed by atoms with Crippen LogP contribution in [0.4, 0.5) is 10.8 Å². The summed E-state index contributed by atoms with van der Waals surface area (Å²) in [7, 11) is 1.54. The summed E-state index contributed by atoms with van der Waals surface area (Å²) in [4.78, 5) is 24.4. The standard InChI is InChI=1S/C18H17N5O4S2/c1-26-13-5-3-2-4-11(13)19-15(24)9-28-18-22-21-17(29-18)20-16(25)12-8-14(27-23-12)10-6-7-10/h2-5,8,10H,6-7,9H2,1H3,(H,19,24)(H,20,21,25). The number of benzene rings is 1. The topological polar surface area (TPSA) is 119 Å². The number of thioether (sulfide) groups is 1. The van der Waals surface area contributed by atoms with Crippen LogP contribution in [0.25, 0.3) is 0 Å². The van der Waals surface area contributed by atoms with Crippen molar-refractivity contribution in [3.05, 3.63) is 41.8 Å². The Bertz CT molecular complexity index is 1030. The Kier molecular flexibility index (Phi) is 5.76. The fourth-order valence-electron chi connectivity index (χ4n) is 2.50. The lowest BCUT2D eigenvalue weighted by Crippen LogP contribution is -2.14. The van der Waals surface area contributed by atoms with Crippen molar-refractivity contribution in [3.8, 4) is 5.75 Å². The van der Waals surface area contributed by atoms with Crippen molar-refractivity contribution in [3.63, 3.8) is 0 Å². The van der Waals surface area contributed by atoms with Crippen LogP contribution in [0.3, 0.4) is 0 Å². The maximum Gasteiger partial charge on any atom is 0.279 e. The molecule has 150 valence electrons. The van der Waals surface area contributed by atoms with Crippen molar-refractivity contribution in [2.45, 2.75) is 23.1 Å². The molecule has 0 atom stereocenters. The SMILES string of the molecule is COc1ccccc1NC(=O)CSc1nnc(NC(=O)c2cc(C3CC3)on2)s1. The van der Waals surface area contributed by atoms with E-state index in [1.165, 1.54) is 23.1 Å². The zero-order valence-electron chi connectivity index (χ0n) is 15.4. The predicted molar refractivity (Wildman–Crippen MR) is 109 cm³/mol. The highest BCUT2D eigenvalue weighted by Gasteiger charge is 2.29. The molecular formula is C18H17N5O4S2. The van der Waals surface area contributed by atoms with Crippen LogP contribution in [0, 0.1) is 0 Å². The molecule has 1 aromatic carbocycles. The van der Waals surface area contributed by atoms with Gasteiger partial charge in [0.15, 0.2) is 10.0 Å². The van der Waals surface area contributed by atoms with Crippen molar-refractivity contribution >= 4 is 45.7 Å². The number of anilines is 2. The molecular weight excluding hydrogens is 414 g/mol. The number of rotatable bonds is 8. The lowest BCUT2D eigenvalue weighted by atomic mass is 10.3. The molecule has 1 fully saturated rings. The highest BCUT2D eigenvalue weighted by Crippen LogP contribution is 2.40. The minimum atomic E-state index is -0.401. The highest BCUT2D eigenvalue weighted by atomic mass is 32.2. The van der Waals surface area contributed by atoms with Gasteiger partial charge in [-0.15, -0.1) is 10.2 Å². The van der Waals surface area contributed by atoms with E-state index >= 15 is 0 Å². The first kappa shape index (κ1) is 19.4. The molecule has 2 aromatic heterocycles. The number of methoxy groups -OCH3 is 1. The zero-order valence-corrected chi connectivity index (χ0v) is 17.0. The highest BCUT2D eigenvalue weighted by molar-refractivity contribution is 8.01. The first-order chi connectivity index (χ1) is 14.1. The molecule has 0 bridgehead atoms. The molecule has 29 heavy (non-hydrogen) atoms. The first-order valence-electron chi connectivity index (χ1n) is 8.79. The fourth-order valence-corrected chi connectivity index (χ4v) is 4.04. The lowest BCUT2D eigenvalue weighted by Gasteiger charge is -2.08. The number of carbonyl (C=O) groups is 2. The van der Waals surface area contributed by atoms with Crippen LogP contribution in [-0.2, 0) is 4.79 Å². The Morgan fingerprint density at radius 2 is 2.10 bits per heavy atom. The van der Waals surface area contributed by atoms with E-state index in [0.29, 0.717) is 26.8 Å². The van der Waals surface area contributed by atoms with Crippen LogP contribution in [-0.4, -0.2) is 40.0 Å². The Balaban J connectivity index is 1.28. The Hall–Kier alpha value is -2.92. The Morgan fingerprint density at radius 3 is 2.90 bits per heavy atom. The third-order valence-corrected chi connectivity index (χ3v) is 6.05. The number of amides is 2. The fraction of sp³-hybridized carbons (Fsp3) is 0.278. The van der Waals surface area contributed by atoms with E-state index in [0.717, 1.165) is 18.6 Å². The molecule has 0 radical (unpaired) electrons. The van der Waals surface area contributed by atoms with Crippen LogP contribution in [0.15, 0.2) is 39.2 Å². The average Bonchev–Trinajstić information content (AvgIpc) is 3.28. The van der Waals surface area contributed by atoms with E-state index in [1.807, 2.05) is 12.1 Å². The summed E-state index contributed by atoms with van der Waals surface area (Å²) >= 11 is 2.41. The van der Waals surface area contributed by atoms with Gasteiger partial charge in [0.05, 0.1) is 18.6 Å². The number of nitrogens with zero attached hydrogens (tertiary/aromatic N) is 3. The van der Waals surface area contributed by atoms with Gasteiger partial charge in [-0.3, -0.25) is 14.9 Å². The maximum absolute atomic E-state index is 12.2. The summed E-state index contributed by atoms with van der Waals surface area (Å²) in [6, 6.07) is 8.83. The van der Waals surface area contributed by atoms with Gasteiger partial charge in [-0.1, -0.05) is 40.4 Å². The molecule has 1 saturated carbocycles. The number of carbonyl (C=O) groups excluding carboxylic acids is 2. The number of hydrogen-bond donors (Lipinski definition) is 2. The van der Waals surface area contributed by atoms with E-state index in [1.54, 1.807) is 25.3 Å². The van der Waals surface area contributed by atoms with Gasteiger partial charge in [0, 0.05) is 12.0 Å². The molecule has 1 aliphatic carbocycles. The third-order valence-electron chi connectivity index (χ3n) is 4.08. The first-order valence-corrected chi connectivity index (χ1v) is 10.6. The van der Waals surface area contributed by atoms with Gasteiger partial charge < -0.3 is 14.6 Å². The van der Waals surface area contributed by atoms with E-state index in [4.69, 9.17) is 9.26 Å². The van der Waals surface area contributed by atoms with Gasteiger partial charge in [-0.05, 0) is 25.0 Å². The van der Waals surface area contributed by atoms with Crippen molar-refractivity contribution in [1.82, 2.24) is 15.4 Å². The summed E-state index contributed by atoms with van der Waals surface area (Å²) < 4.78 is 11.0. The van der Waals surface area contributed by atoms with E-state index < -0.39 is 5.91 Å². The monoisotopic (exact) mass is 431 g/mol. The second kappa shape index (κ2) is 8.62. The largest absolute Gasteiger partial charge is 0.495 e. The molecule has 3 aromatic rings. The molecule has 0 unspecified atom stereocenters. The molecule has 2 amide bonds. The van der Waals surface area contributed by atoms with Gasteiger partial charge >= 0.3 is 0 Å². The van der Waals surface area contributed by atoms with Crippen LogP contribution < -0.4 is 15.4 Å². The van der Waals surface area contributed by atoms with Gasteiger partial charge in [0.2, 0.25) is 11.0 Å². The van der Waals surface area contributed by atoms with Gasteiger partial charge in [0.1, 0.15) is 11.5 Å². The average molecular weight is 431 g/mol. The lowest BCUT2D eigenvalue weighted by molar-refractivity contribution is -0.113. The van der Waals surface area contributed by atoms with E-state index in [9.17, 15) is 9.59 Å². The van der Waals surface area contributed by atoms with E-state index in [-0.39, 0.29) is 17.4 Å². The number of aromatic nitrogens is 3. The number of nitrogens with one attached hydrogen (secondary N) is 2. The quantitative estimate of drug-likeness (QED) is 0.411. The second-order valence-corrected chi connectivity index (χ2v) is 8.45. The zero-order chi connectivity index (χ0) is 20.2. The van der Waals surface area contributed by atoms with Crippen LogP contribution in [0.1, 0.15) is 35.0 Å². The maximum atomic E-state index is 12.2. The smallest absolute Gasteiger partial charge is 0.279 e. The predicted octanol–water partition coefficient (Wildman–Crippen LogP) is 3.40. The summed E-state index contributed by atoms with van der Waals surface area (Å²) in [5, 5.41) is 17.5. The van der Waals surface area contributed by atoms with Crippen molar-refractivity contribution in [2.75, 3.05) is 23.5 Å². The summed E-state index contributed by atoms with van der Waals surface area (Å²) in [6.07, 6.45) is 2.13. The molecule has 0 saturated heterocycles. The molecule has 4 rings (SSSR count). The molecule has 2 heterocycles. The number of para-hydroxylation sites is 2. The Morgan fingerprint density at radius 1 is 1.28 bits per heavy atom. The molecule has 1 aliphatic rings. The number of ether oxygens (including phenoxy) is 1. The van der Waals surface area contributed by atoms with Gasteiger partial charge in [-0.2, -0.15) is 0 Å². The van der Waals surface area contributed by atoms with Crippen molar-refractivity contribution < 1.29 is 18.8 Å². The Labute approximate surface area is 174 Å². The summed E-state index contributed by atoms with van der Waals surface area (Å²) in [6.45, 7) is 0. The van der Waals surface area contributed by atoms with Crippen molar-refractivity contribution in [1.29, 1.82) is 0 Å². The van der Waals surface area contributed by atoms with E-state index in [2.05, 4.69) is 26.0 Å². The minimum absolute atomic E-state index is 0.147. The molecule has 0 spiro atoms. The molecule has 0 aliphatic heterocycles. The van der Waals surface area contributed by atoms with Gasteiger partial charge in [-0.25, -0.2) is 0 Å². The van der Waals surface area contributed by atoms with Gasteiger partial charge in [0.25, 0.3) is 5.91 Å². The van der Waals surface area contributed by atoms with Crippen molar-refractivity contribution in [2.24, 2.45) is 0 Å². The normalized spacial score (nSPS) is 13.1. The third kappa shape index (κ3) is 4.93. The molecule has 11 heteroatoms.